The van der Waals surface area contributed by atoms with Crippen LogP contribution in [0.15, 0.2) is 24.3 Å². The van der Waals surface area contributed by atoms with Crippen molar-refractivity contribution in [3.05, 3.63) is 45.8 Å². The van der Waals surface area contributed by atoms with E-state index in [4.69, 9.17) is 9.47 Å². The van der Waals surface area contributed by atoms with Crippen LogP contribution < -0.4 is 5.32 Å². The Labute approximate surface area is 166 Å². The molecule has 0 spiro atoms. The first kappa shape index (κ1) is 19.9. The first-order chi connectivity index (χ1) is 13.4. The lowest BCUT2D eigenvalue weighted by Gasteiger charge is -2.18. The van der Waals surface area contributed by atoms with Gasteiger partial charge < -0.3 is 19.9 Å². The fraction of sp³-hybridized carbons (Fsp3) is 0.350. The number of aromatic hydroxyl groups is 1. The van der Waals surface area contributed by atoms with Gasteiger partial charge in [-0.05, 0) is 48.9 Å². The van der Waals surface area contributed by atoms with Gasteiger partial charge in [0, 0.05) is 4.88 Å². The minimum absolute atomic E-state index is 0.0694. The molecule has 0 saturated carbocycles. The molecule has 7 nitrogen and oxygen atoms in total. The van der Waals surface area contributed by atoms with E-state index in [0.717, 1.165) is 29.7 Å². The van der Waals surface area contributed by atoms with Gasteiger partial charge in [-0.3, -0.25) is 4.79 Å². The molecular weight excluding hydrogens is 382 g/mol. The second-order valence-corrected chi connectivity index (χ2v) is 7.83. The maximum Gasteiger partial charge on any atom is 0.341 e. The van der Waals surface area contributed by atoms with Crippen molar-refractivity contribution in [1.82, 2.24) is 0 Å². The normalized spacial score (nSPS) is 15.4. The van der Waals surface area contributed by atoms with Gasteiger partial charge in [-0.2, -0.15) is 0 Å². The summed E-state index contributed by atoms with van der Waals surface area (Å²) in [6, 6.07) is 5.66. The minimum atomic E-state index is -0.724. The maximum absolute atomic E-state index is 12.3. The summed E-state index contributed by atoms with van der Waals surface area (Å²) in [6.07, 6.45) is 2.59. The summed E-state index contributed by atoms with van der Waals surface area (Å²) >= 11 is 1.36. The van der Waals surface area contributed by atoms with E-state index >= 15 is 0 Å². The number of esters is 2. The van der Waals surface area contributed by atoms with Crippen LogP contribution in [0.3, 0.4) is 0 Å². The highest BCUT2D eigenvalue weighted by Crippen LogP contribution is 2.40. The third-order valence-corrected chi connectivity index (χ3v) is 5.74. The van der Waals surface area contributed by atoms with E-state index < -0.39 is 24.5 Å². The Balaban J connectivity index is 1.70. The molecule has 1 amide bonds. The molecule has 1 unspecified atom stereocenters. The molecule has 1 aromatic heterocycles. The van der Waals surface area contributed by atoms with Crippen LogP contribution in [0.2, 0.25) is 0 Å². The quantitative estimate of drug-likeness (QED) is 0.744. The molecule has 0 aliphatic heterocycles. The standard InChI is InChI=1S/C20H21NO6S/c1-11-6-7-14-15(8-11)28-18(17(14)20(25)26-2)21-16(23)10-27-19(24)12-4-3-5-13(22)9-12/h3-5,9,11,22H,6-8,10H2,1-2H3,(H,21,23). The number of ether oxygens (including phenoxy) is 2. The van der Waals surface area contributed by atoms with Crippen LogP contribution in [-0.4, -0.2) is 36.7 Å². The van der Waals surface area contributed by atoms with Crippen LogP contribution in [0.4, 0.5) is 5.00 Å². The van der Waals surface area contributed by atoms with Crippen molar-refractivity contribution in [3.63, 3.8) is 0 Å². The molecule has 28 heavy (non-hydrogen) atoms. The Morgan fingerprint density at radius 1 is 1.29 bits per heavy atom. The highest BCUT2D eigenvalue weighted by Gasteiger charge is 2.29. The Hall–Kier alpha value is -2.87. The third kappa shape index (κ3) is 4.33. The molecule has 0 fully saturated rings. The van der Waals surface area contributed by atoms with E-state index in [-0.39, 0.29) is 11.3 Å². The zero-order valence-electron chi connectivity index (χ0n) is 15.6. The van der Waals surface area contributed by atoms with E-state index in [0.29, 0.717) is 16.5 Å². The Morgan fingerprint density at radius 3 is 2.79 bits per heavy atom. The zero-order valence-corrected chi connectivity index (χ0v) is 16.4. The summed E-state index contributed by atoms with van der Waals surface area (Å²) in [5.41, 5.74) is 1.47. The summed E-state index contributed by atoms with van der Waals surface area (Å²) in [5, 5.41) is 12.5. The minimum Gasteiger partial charge on any atom is -0.508 e. The number of amides is 1. The number of phenolic OH excluding ortho intramolecular Hbond substituents is 1. The molecule has 2 N–H and O–H groups in total. The molecule has 8 heteroatoms. The average Bonchev–Trinajstić information content (AvgIpc) is 3.02. The molecule has 0 bridgehead atoms. The number of hydrogen-bond acceptors (Lipinski definition) is 7. The number of methoxy groups -OCH3 is 1. The molecule has 0 saturated heterocycles. The van der Waals surface area contributed by atoms with Gasteiger partial charge in [-0.1, -0.05) is 13.0 Å². The van der Waals surface area contributed by atoms with E-state index in [1.165, 1.54) is 42.7 Å². The van der Waals surface area contributed by atoms with Crippen LogP contribution in [-0.2, 0) is 27.1 Å². The van der Waals surface area contributed by atoms with E-state index in [1.54, 1.807) is 0 Å². The number of carbonyl (C=O) groups excluding carboxylic acids is 3. The van der Waals surface area contributed by atoms with Gasteiger partial charge in [0.25, 0.3) is 5.91 Å². The van der Waals surface area contributed by atoms with Gasteiger partial charge in [0.2, 0.25) is 0 Å². The highest BCUT2D eigenvalue weighted by molar-refractivity contribution is 7.17. The third-order valence-electron chi connectivity index (χ3n) is 4.57. The van der Waals surface area contributed by atoms with Crippen molar-refractivity contribution in [3.8, 4) is 5.75 Å². The molecule has 148 valence electrons. The van der Waals surface area contributed by atoms with Crippen molar-refractivity contribution in [2.45, 2.75) is 26.2 Å². The molecule has 3 rings (SSSR count). The summed E-state index contributed by atoms with van der Waals surface area (Å²) in [5.74, 6) is -1.31. The molecule has 1 aliphatic carbocycles. The molecule has 1 heterocycles. The largest absolute Gasteiger partial charge is 0.508 e. The topological polar surface area (TPSA) is 102 Å². The van der Waals surface area contributed by atoms with Crippen molar-refractivity contribution in [2.24, 2.45) is 5.92 Å². The number of anilines is 1. The Kier molecular flexibility index (Phi) is 5.99. The lowest BCUT2D eigenvalue weighted by molar-refractivity contribution is -0.119. The van der Waals surface area contributed by atoms with Crippen molar-refractivity contribution < 1.29 is 29.0 Å². The van der Waals surface area contributed by atoms with E-state index in [1.807, 2.05) is 0 Å². The lowest BCUT2D eigenvalue weighted by Crippen LogP contribution is -2.22. The smallest absolute Gasteiger partial charge is 0.341 e. The number of fused-ring (bicyclic) bond motifs is 1. The van der Waals surface area contributed by atoms with Crippen LogP contribution in [0.25, 0.3) is 0 Å². The van der Waals surface area contributed by atoms with Crippen LogP contribution in [0, 0.1) is 5.92 Å². The highest BCUT2D eigenvalue weighted by atomic mass is 32.1. The van der Waals surface area contributed by atoms with Crippen LogP contribution in [0.5, 0.6) is 5.75 Å². The Morgan fingerprint density at radius 2 is 2.07 bits per heavy atom. The first-order valence-electron chi connectivity index (χ1n) is 8.88. The van der Waals surface area contributed by atoms with Crippen LogP contribution >= 0.6 is 11.3 Å². The van der Waals surface area contributed by atoms with Gasteiger partial charge in [0.05, 0.1) is 18.2 Å². The molecule has 1 atom stereocenters. The van der Waals surface area contributed by atoms with E-state index in [2.05, 4.69) is 12.2 Å². The van der Waals surface area contributed by atoms with Gasteiger partial charge >= 0.3 is 11.9 Å². The molecule has 1 aromatic carbocycles. The Bertz CT molecular complexity index is 919. The lowest BCUT2D eigenvalue weighted by atomic mass is 9.88. The maximum atomic E-state index is 12.3. The number of phenols is 1. The number of hydrogen-bond donors (Lipinski definition) is 2. The van der Waals surface area contributed by atoms with Crippen molar-refractivity contribution >= 4 is 34.2 Å². The van der Waals surface area contributed by atoms with Crippen LogP contribution in [0.1, 0.15) is 44.5 Å². The fourth-order valence-electron chi connectivity index (χ4n) is 3.17. The summed E-state index contributed by atoms with van der Waals surface area (Å²) in [6.45, 7) is 1.65. The second-order valence-electron chi connectivity index (χ2n) is 6.72. The van der Waals surface area contributed by atoms with Gasteiger partial charge in [-0.25, -0.2) is 9.59 Å². The second kappa shape index (κ2) is 8.43. The first-order valence-corrected chi connectivity index (χ1v) is 9.69. The number of nitrogens with one attached hydrogen (secondary N) is 1. The average molecular weight is 403 g/mol. The molecule has 1 aliphatic rings. The summed E-state index contributed by atoms with van der Waals surface area (Å²) in [4.78, 5) is 37.6. The number of thiophene rings is 1. The van der Waals surface area contributed by atoms with Crippen molar-refractivity contribution in [1.29, 1.82) is 0 Å². The summed E-state index contributed by atoms with van der Waals surface area (Å²) < 4.78 is 9.87. The zero-order chi connectivity index (χ0) is 20.3. The monoisotopic (exact) mass is 403 g/mol. The predicted molar refractivity (Wildman–Crippen MR) is 104 cm³/mol. The summed E-state index contributed by atoms with van der Waals surface area (Å²) in [7, 11) is 1.31. The number of rotatable bonds is 5. The van der Waals surface area contributed by atoms with Crippen molar-refractivity contribution in [2.75, 3.05) is 19.0 Å². The molecular formula is C20H21NO6S. The molecule has 0 radical (unpaired) electrons. The number of benzene rings is 1. The van der Waals surface area contributed by atoms with Gasteiger partial charge in [0.15, 0.2) is 6.61 Å². The van der Waals surface area contributed by atoms with E-state index in [9.17, 15) is 19.5 Å². The van der Waals surface area contributed by atoms with Gasteiger partial charge in [0.1, 0.15) is 10.8 Å². The SMILES string of the molecule is COC(=O)c1c(NC(=O)COC(=O)c2cccc(O)c2)sc2c1CCC(C)C2. The number of carbonyl (C=O) groups is 3. The fourth-order valence-corrected chi connectivity index (χ4v) is 4.58. The predicted octanol–water partition coefficient (Wildman–Crippen LogP) is 3.16. The molecule has 2 aromatic rings. The van der Waals surface area contributed by atoms with Gasteiger partial charge in [-0.15, -0.1) is 11.3 Å².